The maximum absolute atomic E-state index is 11.7. The minimum atomic E-state index is -0.545. The van der Waals surface area contributed by atoms with E-state index in [4.69, 9.17) is 4.74 Å². The zero-order valence-corrected chi connectivity index (χ0v) is 11.0. The summed E-state index contributed by atoms with van der Waals surface area (Å²) >= 11 is 0. The number of amides is 1. The lowest BCUT2D eigenvalue weighted by Crippen LogP contribution is -2.31. The van der Waals surface area contributed by atoms with Crippen molar-refractivity contribution in [2.75, 3.05) is 6.61 Å². The third-order valence-electron chi connectivity index (χ3n) is 2.89. The molecule has 104 valence electrons. The quantitative estimate of drug-likeness (QED) is 0.879. The zero-order valence-electron chi connectivity index (χ0n) is 11.0. The van der Waals surface area contributed by atoms with Crippen molar-refractivity contribution >= 4 is 6.09 Å². The van der Waals surface area contributed by atoms with Crippen LogP contribution >= 0.6 is 0 Å². The molecule has 0 aliphatic heterocycles. The largest absolute Gasteiger partial charge is 0.445 e. The Bertz CT molecular complexity index is 528. The molecule has 4 heteroatoms. The highest BCUT2D eigenvalue weighted by Gasteiger charge is 2.13. The van der Waals surface area contributed by atoms with Crippen molar-refractivity contribution in [3.05, 3.63) is 71.8 Å². The molecule has 0 saturated carbocycles. The van der Waals surface area contributed by atoms with Crippen molar-refractivity contribution in [2.45, 2.75) is 12.6 Å². The van der Waals surface area contributed by atoms with Crippen LogP contribution in [0.5, 0.6) is 0 Å². The van der Waals surface area contributed by atoms with E-state index in [1.165, 1.54) is 0 Å². The van der Waals surface area contributed by atoms with Crippen molar-refractivity contribution in [3.63, 3.8) is 0 Å². The number of ether oxygens (including phenoxy) is 1. The van der Waals surface area contributed by atoms with Gasteiger partial charge in [-0.1, -0.05) is 60.7 Å². The van der Waals surface area contributed by atoms with Crippen molar-refractivity contribution < 1.29 is 14.6 Å². The number of aliphatic hydroxyl groups excluding tert-OH is 1. The molecular formula is C16H17NO3. The molecule has 2 rings (SSSR count). The van der Waals surface area contributed by atoms with Crippen LogP contribution < -0.4 is 5.32 Å². The first-order chi connectivity index (χ1) is 9.79. The van der Waals surface area contributed by atoms with Gasteiger partial charge in [-0.05, 0) is 11.1 Å². The van der Waals surface area contributed by atoms with Gasteiger partial charge < -0.3 is 15.2 Å². The molecular weight excluding hydrogens is 254 g/mol. The fourth-order valence-corrected chi connectivity index (χ4v) is 1.83. The molecule has 2 N–H and O–H groups in total. The second kappa shape index (κ2) is 7.31. The Morgan fingerprint density at radius 1 is 1.05 bits per heavy atom. The Hall–Kier alpha value is -2.33. The van der Waals surface area contributed by atoms with Gasteiger partial charge in [0.1, 0.15) is 6.61 Å². The molecule has 0 aliphatic rings. The van der Waals surface area contributed by atoms with E-state index in [0.717, 1.165) is 11.1 Å². The molecule has 0 aliphatic carbocycles. The Balaban J connectivity index is 1.87. The van der Waals surface area contributed by atoms with Crippen molar-refractivity contribution in [3.8, 4) is 0 Å². The summed E-state index contributed by atoms with van der Waals surface area (Å²) in [7, 11) is 0. The molecule has 1 amide bonds. The zero-order chi connectivity index (χ0) is 14.2. The lowest BCUT2D eigenvalue weighted by molar-refractivity contribution is 0.129. The predicted octanol–water partition coefficient (Wildman–Crippen LogP) is 2.65. The van der Waals surface area contributed by atoms with E-state index in [-0.39, 0.29) is 13.2 Å². The lowest BCUT2D eigenvalue weighted by atomic mass is 10.1. The van der Waals surface area contributed by atoms with Crippen molar-refractivity contribution in [1.29, 1.82) is 0 Å². The molecule has 1 atom stereocenters. The van der Waals surface area contributed by atoms with E-state index in [0.29, 0.717) is 0 Å². The van der Waals surface area contributed by atoms with Crippen LogP contribution in [0, 0.1) is 0 Å². The topological polar surface area (TPSA) is 58.6 Å². The van der Waals surface area contributed by atoms with Gasteiger partial charge in [-0.25, -0.2) is 4.79 Å². The Morgan fingerprint density at radius 2 is 1.65 bits per heavy atom. The summed E-state index contributed by atoms with van der Waals surface area (Å²) in [6.45, 7) is 0.0318. The maximum atomic E-state index is 11.7. The summed E-state index contributed by atoms with van der Waals surface area (Å²) < 4.78 is 5.12. The molecule has 0 heterocycles. The number of carbonyl (C=O) groups excluding carboxylic acids is 1. The summed E-state index contributed by atoms with van der Waals surface area (Å²) in [5.41, 5.74) is 1.76. The van der Waals surface area contributed by atoms with Gasteiger partial charge >= 0.3 is 6.09 Å². The molecule has 0 spiro atoms. The van der Waals surface area contributed by atoms with E-state index in [9.17, 15) is 9.90 Å². The molecule has 0 unspecified atom stereocenters. The average molecular weight is 271 g/mol. The van der Waals surface area contributed by atoms with Crippen LogP contribution in [0.15, 0.2) is 60.7 Å². The van der Waals surface area contributed by atoms with Gasteiger partial charge in [-0.3, -0.25) is 0 Å². The average Bonchev–Trinajstić information content (AvgIpc) is 2.52. The molecule has 0 radical (unpaired) electrons. The van der Waals surface area contributed by atoms with Crippen LogP contribution in [0.1, 0.15) is 17.2 Å². The monoisotopic (exact) mass is 271 g/mol. The lowest BCUT2D eigenvalue weighted by Gasteiger charge is -2.16. The highest BCUT2D eigenvalue weighted by Crippen LogP contribution is 2.12. The van der Waals surface area contributed by atoms with Gasteiger partial charge in [0.2, 0.25) is 0 Å². The molecule has 20 heavy (non-hydrogen) atoms. The molecule has 0 aromatic heterocycles. The first-order valence-electron chi connectivity index (χ1n) is 6.42. The number of rotatable bonds is 5. The van der Waals surface area contributed by atoms with E-state index in [1.807, 2.05) is 60.7 Å². The number of benzene rings is 2. The van der Waals surface area contributed by atoms with Gasteiger partial charge in [0.25, 0.3) is 0 Å². The van der Waals surface area contributed by atoms with Gasteiger partial charge in [-0.15, -0.1) is 0 Å². The second-order valence-corrected chi connectivity index (χ2v) is 4.35. The summed E-state index contributed by atoms with van der Waals surface area (Å²) in [6, 6.07) is 18.3. The minimum Gasteiger partial charge on any atom is -0.445 e. The molecule has 4 nitrogen and oxygen atoms in total. The van der Waals surface area contributed by atoms with Crippen molar-refractivity contribution in [1.82, 2.24) is 5.32 Å². The summed E-state index contributed by atoms with van der Waals surface area (Å²) in [5, 5.41) is 12.0. The third-order valence-corrected chi connectivity index (χ3v) is 2.89. The van der Waals surface area contributed by atoms with Gasteiger partial charge in [0.05, 0.1) is 12.6 Å². The third kappa shape index (κ3) is 4.10. The van der Waals surface area contributed by atoms with E-state index >= 15 is 0 Å². The van der Waals surface area contributed by atoms with Crippen LogP contribution in [0.4, 0.5) is 4.79 Å². The summed E-state index contributed by atoms with van der Waals surface area (Å²) in [4.78, 5) is 11.7. The summed E-state index contributed by atoms with van der Waals surface area (Å²) in [6.07, 6.45) is -0.545. The maximum Gasteiger partial charge on any atom is 0.408 e. The summed E-state index contributed by atoms with van der Waals surface area (Å²) in [5.74, 6) is 0. The number of aliphatic hydroxyl groups is 1. The fraction of sp³-hybridized carbons (Fsp3) is 0.188. The molecule has 2 aromatic carbocycles. The van der Waals surface area contributed by atoms with E-state index in [2.05, 4.69) is 5.32 Å². The van der Waals surface area contributed by atoms with Gasteiger partial charge in [0, 0.05) is 0 Å². The first-order valence-corrected chi connectivity index (χ1v) is 6.42. The van der Waals surface area contributed by atoms with E-state index < -0.39 is 12.1 Å². The van der Waals surface area contributed by atoms with Crippen LogP contribution in [0.3, 0.4) is 0 Å². The Morgan fingerprint density at radius 3 is 2.25 bits per heavy atom. The molecule has 0 fully saturated rings. The molecule has 0 bridgehead atoms. The van der Waals surface area contributed by atoms with E-state index in [1.54, 1.807) is 0 Å². The minimum absolute atomic E-state index is 0.176. The Kier molecular flexibility index (Phi) is 5.15. The number of hydrogen-bond donors (Lipinski definition) is 2. The number of carbonyl (C=O) groups is 1. The normalized spacial score (nSPS) is 11.7. The van der Waals surface area contributed by atoms with Crippen LogP contribution in [-0.4, -0.2) is 17.8 Å². The van der Waals surface area contributed by atoms with Gasteiger partial charge in [-0.2, -0.15) is 0 Å². The standard InChI is InChI=1S/C16H17NO3/c18-11-15(14-9-5-2-6-10-14)17-16(19)20-12-13-7-3-1-4-8-13/h1-10,15,18H,11-12H2,(H,17,19)/t15-/m1/s1. The smallest absolute Gasteiger partial charge is 0.408 e. The highest BCUT2D eigenvalue weighted by atomic mass is 16.5. The van der Waals surface area contributed by atoms with Crippen LogP contribution in [-0.2, 0) is 11.3 Å². The second-order valence-electron chi connectivity index (χ2n) is 4.35. The van der Waals surface area contributed by atoms with Crippen molar-refractivity contribution in [2.24, 2.45) is 0 Å². The number of nitrogens with one attached hydrogen (secondary N) is 1. The molecule has 2 aromatic rings. The number of hydrogen-bond acceptors (Lipinski definition) is 3. The van der Waals surface area contributed by atoms with Gasteiger partial charge in [0.15, 0.2) is 0 Å². The SMILES string of the molecule is O=C(N[C@H](CO)c1ccccc1)OCc1ccccc1. The van der Waals surface area contributed by atoms with Crippen LogP contribution in [0.2, 0.25) is 0 Å². The fourth-order valence-electron chi connectivity index (χ4n) is 1.83. The number of alkyl carbamates (subject to hydrolysis) is 1. The molecule has 0 saturated heterocycles. The Labute approximate surface area is 118 Å². The first kappa shape index (κ1) is 14.1. The highest BCUT2D eigenvalue weighted by molar-refractivity contribution is 5.68. The predicted molar refractivity (Wildman–Crippen MR) is 76.0 cm³/mol. The van der Waals surface area contributed by atoms with Crippen LogP contribution in [0.25, 0.3) is 0 Å².